The van der Waals surface area contributed by atoms with Crippen LogP contribution in [0.15, 0.2) is 18.2 Å². The van der Waals surface area contributed by atoms with Crippen LogP contribution in [-0.2, 0) is 0 Å². The van der Waals surface area contributed by atoms with Crippen LogP contribution in [0.3, 0.4) is 0 Å². The van der Waals surface area contributed by atoms with Gasteiger partial charge in [-0.05, 0) is 12.1 Å². The van der Waals surface area contributed by atoms with Crippen LogP contribution in [0, 0.1) is 0 Å². The summed E-state index contributed by atoms with van der Waals surface area (Å²) in [5.41, 5.74) is 5.46. The van der Waals surface area contributed by atoms with E-state index in [1.807, 2.05) is 0 Å². The van der Waals surface area contributed by atoms with E-state index in [0.717, 1.165) is 0 Å². The van der Waals surface area contributed by atoms with E-state index in [9.17, 15) is 15.0 Å². The topological polar surface area (TPSA) is 104 Å². The highest BCUT2D eigenvalue weighted by molar-refractivity contribution is 6.31. The van der Waals surface area contributed by atoms with E-state index in [1.54, 1.807) is 0 Å². The van der Waals surface area contributed by atoms with Gasteiger partial charge in [0.15, 0.2) is 0 Å². The fourth-order valence-corrected chi connectivity index (χ4v) is 1.53. The number of aromatic carboxylic acids is 1. The molecule has 0 saturated carbocycles. The van der Waals surface area contributed by atoms with Crippen molar-refractivity contribution < 1.29 is 20.1 Å². The number of rotatable bonds is 4. The molecule has 2 unspecified atom stereocenters. The van der Waals surface area contributed by atoms with Crippen LogP contribution in [0.2, 0.25) is 5.02 Å². The Kier molecular flexibility index (Phi) is 4.26. The van der Waals surface area contributed by atoms with Crippen LogP contribution in [0.5, 0.6) is 0 Å². The van der Waals surface area contributed by atoms with Crippen molar-refractivity contribution in [1.82, 2.24) is 0 Å². The van der Waals surface area contributed by atoms with E-state index in [1.165, 1.54) is 18.2 Å². The van der Waals surface area contributed by atoms with Gasteiger partial charge >= 0.3 is 5.97 Å². The molecule has 16 heavy (non-hydrogen) atoms. The first-order valence-corrected chi connectivity index (χ1v) is 4.94. The number of aliphatic hydroxyl groups excluding tert-OH is 2. The first-order chi connectivity index (χ1) is 7.47. The molecule has 0 radical (unpaired) electrons. The monoisotopic (exact) mass is 245 g/mol. The summed E-state index contributed by atoms with van der Waals surface area (Å²) in [6.07, 6.45) is -2.35. The van der Waals surface area contributed by atoms with Crippen LogP contribution in [0.4, 0.5) is 0 Å². The largest absolute Gasteiger partial charge is 0.478 e. The lowest BCUT2D eigenvalue weighted by Crippen LogP contribution is -2.27. The van der Waals surface area contributed by atoms with Crippen molar-refractivity contribution in [2.24, 2.45) is 5.73 Å². The highest BCUT2D eigenvalue weighted by Gasteiger charge is 2.20. The van der Waals surface area contributed by atoms with Crippen LogP contribution in [0.1, 0.15) is 22.0 Å². The minimum Gasteiger partial charge on any atom is -0.478 e. The van der Waals surface area contributed by atoms with Gasteiger partial charge in [0.25, 0.3) is 0 Å². The first kappa shape index (κ1) is 12.9. The molecule has 6 heteroatoms. The maximum absolute atomic E-state index is 10.6. The molecule has 2 atom stereocenters. The average Bonchev–Trinajstić information content (AvgIpc) is 2.26. The van der Waals surface area contributed by atoms with E-state index < -0.39 is 18.2 Å². The minimum absolute atomic E-state index is 0.0168. The molecule has 0 bridgehead atoms. The molecule has 0 spiro atoms. The summed E-state index contributed by atoms with van der Waals surface area (Å²) in [5, 5.41) is 27.8. The van der Waals surface area contributed by atoms with Crippen molar-refractivity contribution in [1.29, 1.82) is 0 Å². The Bertz CT molecular complexity index is 396. The number of nitrogens with two attached hydrogens (primary N) is 1. The number of carbonyl (C=O) groups is 1. The van der Waals surface area contributed by atoms with Crippen LogP contribution in [0.25, 0.3) is 0 Å². The second-order valence-electron chi connectivity index (χ2n) is 3.29. The third-order valence-electron chi connectivity index (χ3n) is 2.17. The number of aliphatic hydroxyl groups is 2. The number of carboxylic acids is 1. The van der Waals surface area contributed by atoms with Crippen LogP contribution < -0.4 is 5.73 Å². The van der Waals surface area contributed by atoms with Gasteiger partial charge in [-0.1, -0.05) is 17.7 Å². The number of halogens is 1. The van der Waals surface area contributed by atoms with Gasteiger partial charge in [-0.25, -0.2) is 4.79 Å². The Morgan fingerprint density at radius 3 is 2.50 bits per heavy atom. The summed E-state index contributed by atoms with van der Waals surface area (Å²) in [5.74, 6) is -1.11. The van der Waals surface area contributed by atoms with Crippen molar-refractivity contribution in [3.63, 3.8) is 0 Å². The standard InChI is InChI=1S/C10H12ClNO4/c11-7-3-5(10(15)16)1-2-6(7)9(14)8(13)4-12/h1-3,8-9,13-14H,4,12H2,(H,15,16). The van der Waals surface area contributed by atoms with E-state index in [-0.39, 0.29) is 22.7 Å². The quantitative estimate of drug-likeness (QED) is 0.614. The zero-order valence-corrected chi connectivity index (χ0v) is 9.05. The predicted molar refractivity (Wildman–Crippen MR) is 58.4 cm³/mol. The Balaban J connectivity index is 3.03. The number of benzene rings is 1. The molecule has 1 aromatic carbocycles. The Hall–Kier alpha value is -1.14. The third-order valence-corrected chi connectivity index (χ3v) is 2.50. The van der Waals surface area contributed by atoms with Crippen LogP contribution in [-0.4, -0.2) is 33.9 Å². The number of hydrogen-bond acceptors (Lipinski definition) is 4. The van der Waals surface area contributed by atoms with Crippen molar-refractivity contribution >= 4 is 17.6 Å². The number of carboxylic acid groups (broad SMARTS) is 1. The lowest BCUT2D eigenvalue weighted by atomic mass is 10.0. The summed E-state index contributed by atoms with van der Waals surface area (Å²) in [6.45, 7) is -0.113. The molecule has 0 aliphatic heterocycles. The Morgan fingerprint density at radius 2 is 2.06 bits per heavy atom. The summed E-state index contributed by atoms with van der Waals surface area (Å²) < 4.78 is 0. The second kappa shape index (κ2) is 5.27. The Labute approximate surface area is 97.1 Å². The van der Waals surface area contributed by atoms with E-state index in [0.29, 0.717) is 0 Å². The van der Waals surface area contributed by atoms with E-state index >= 15 is 0 Å². The molecule has 88 valence electrons. The van der Waals surface area contributed by atoms with Gasteiger partial charge < -0.3 is 21.1 Å². The SMILES string of the molecule is NCC(O)C(O)c1ccc(C(=O)O)cc1Cl. The van der Waals surface area contributed by atoms with Gasteiger partial charge in [0, 0.05) is 17.1 Å². The van der Waals surface area contributed by atoms with Gasteiger partial charge in [0.2, 0.25) is 0 Å². The average molecular weight is 246 g/mol. The summed E-state index contributed by atoms with van der Waals surface area (Å²) in [7, 11) is 0. The fraction of sp³-hybridized carbons (Fsp3) is 0.300. The zero-order valence-electron chi connectivity index (χ0n) is 8.30. The molecular formula is C10H12ClNO4. The smallest absolute Gasteiger partial charge is 0.335 e. The summed E-state index contributed by atoms with van der Waals surface area (Å²) in [6, 6.07) is 3.87. The van der Waals surface area contributed by atoms with Crippen molar-refractivity contribution in [3.05, 3.63) is 34.3 Å². The van der Waals surface area contributed by atoms with Gasteiger partial charge in [-0.15, -0.1) is 0 Å². The molecule has 0 aromatic heterocycles. The fourth-order valence-electron chi connectivity index (χ4n) is 1.24. The minimum atomic E-state index is -1.22. The predicted octanol–water partition coefficient (Wildman–Crippen LogP) is 0.391. The Morgan fingerprint density at radius 1 is 1.44 bits per heavy atom. The lowest BCUT2D eigenvalue weighted by Gasteiger charge is -2.17. The molecule has 0 heterocycles. The molecule has 5 N–H and O–H groups in total. The van der Waals surface area contributed by atoms with Crippen LogP contribution >= 0.6 is 11.6 Å². The summed E-state index contributed by atoms with van der Waals surface area (Å²) >= 11 is 5.79. The van der Waals surface area contributed by atoms with Crippen molar-refractivity contribution in [2.45, 2.75) is 12.2 Å². The highest BCUT2D eigenvalue weighted by atomic mass is 35.5. The maximum atomic E-state index is 10.6. The molecule has 0 fully saturated rings. The molecule has 0 saturated heterocycles. The normalized spacial score (nSPS) is 14.5. The summed E-state index contributed by atoms with van der Waals surface area (Å²) in [4.78, 5) is 10.6. The van der Waals surface area contributed by atoms with Crippen molar-refractivity contribution in [2.75, 3.05) is 6.54 Å². The molecule has 0 aliphatic carbocycles. The molecule has 0 aliphatic rings. The van der Waals surface area contributed by atoms with Gasteiger partial charge in [-0.2, -0.15) is 0 Å². The van der Waals surface area contributed by atoms with E-state index in [2.05, 4.69) is 0 Å². The molecule has 5 nitrogen and oxygen atoms in total. The maximum Gasteiger partial charge on any atom is 0.335 e. The van der Waals surface area contributed by atoms with E-state index in [4.69, 9.17) is 22.4 Å². The highest BCUT2D eigenvalue weighted by Crippen LogP contribution is 2.26. The van der Waals surface area contributed by atoms with Crippen molar-refractivity contribution in [3.8, 4) is 0 Å². The molecule has 0 amide bonds. The second-order valence-corrected chi connectivity index (χ2v) is 3.70. The number of hydrogen-bond donors (Lipinski definition) is 4. The zero-order chi connectivity index (χ0) is 12.3. The van der Waals surface area contributed by atoms with Gasteiger partial charge in [0.1, 0.15) is 6.10 Å². The molecule has 1 aromatic rings. The van der Waals surface area contributed by atoms with Gasteiger partial charge in [0.05, 0.1) is 11.7 Å². The first-order valence-electron chi connectivity index (χ1n) is 4.56. The lowest BCUT2D eigenvalue weighted by molar-refractivity contribution is 0.0244. The third kappa shape index (κ3) is 2.70. The molecular weight excluding hydrogens is 234 g/mol. The van der Waals surface area contributed by atoms with Gasteiger partial charge in [-0.3, -0.25) is 0 Å². The molecule has 1 rings (SSSR count).